The zero-order valence-corrected chi connectivity index (χ0v) is 20.9. The number of hydrogen-bond donors (Lipinski definition) is 0. The molecule has 2 fully saturated rings. The quantitative estimate of drug-likeness (QED) is 0.650. The maximum Gasteiger partial charge on any atom is 0.253 e. The zero-order chi connectivity index (χ0) is 25.2. The maximum absolute atomic E-state index is 13.3. The molecule has 0 spiro atoms. The lowest BCUT2D eigenvalue weighted by Crippen LogP contribution is -2.54. The third kappa shape index (κ3) is 5.24. The van der Waals surface area contributed by atoms with Gasteiger partial charge in [0.2, 0.25) is 15.9 Å². The minimum absolute atomic E-state index is 0.00454. The number of hydrogen-bond acceptors (Lipinski definition) is 5. The van der Waals surface area contributed by atoms with E-state index in [1.54, 1.807) is 21.9 Å². The number of nitriles is 1. The third-order valence-corrected chi connectivity index (χ3v) is 8.66. The van der Waals surface area contributed by atoms with Crippen molar-refractivity contribution in [1.82, 2.24) is 14.1 Å². The van der Waals surface area contributed by atoms with Crippen LogP contribution in [0, 0.1) is 31.1 Å². The average molecular weight is 495 g/mol. The number of rotatable bonds is 4. The molecule has 0 N–H and O–H groups in total. The van der Waals surface area contributed by atoms with Crippen LogP contribution in [0.4, 0.5) is 0 Å². The van der Waals surface area contributed by atoms with E-state index in [-0.39, 0.29) is 54.4 Å². The van der Waals surface area contributed by atoms with Gasteiger partial charge in [-0.2, -0.15) is 9.57 Å². The largest absolute Gasteiger partial charge is 0.340 e. The second-order valence-electron chi connectivity index (χ2n) is 9.30. The third-order valence-electron chi connectivity index (χ3n) is 6.70. The molecular formula is C26H30N4O4S. The van der Waals surface area contributed by atoms with Gasteiger partial charge in [-0.25, -0.2) is 8.42 Å². The van der Waals surface area contributed by atoms with Crippen molar-refractivity contribution >= 4 is 21.8 Å². The molecule has 2 amide bonds. The summed E-state index contributed by atoms with van der Waals surface area (Å²) >= 11 is 0. The lowest BCUT2D eigenvalue weighted by molar-refractivity contribution is -0.138. The molecule has 4 rings (SSSR count). The van der Waals surface area contributed by atoms with E-state index in [0.29, 0.717) is 25.1 Å². The molecular weight excluding hydrogens is 464 g/mol. The van der Waals surface area contributed by atoms with Crippen LogP contribution in [0.25, 0.3) is 0 Å². The van der Waals surface area contributed by atoms with Gasteiger partial charge in [-0.15, -0.1) is 0 Å². The molecule has 1 atom stereocenters. The first kappa shape index (κ1) is 24.9. The highest BCUT2D eigenvalue weighted by Gasteiger charge is 2.36. The van der Waals surface area contributed by atoms with Gasteiger partial charge in [-0.1, -0.05) is 29.3 Å². The molecule has 0 saturated carbocycles. The van der Waals surface area contributed by atoms with E-state index in [4.69, 9.17) is 0 Å². The molecule has 0 aliphatic carbocycles. The lowest BCUT2D eigenvalue weighted by Gasteiger charge is -2.38. The Morgan fingerprint density at radius 3 is 2.26 bits per heavy atom. The Kier molecular flexibility index (Phi) is 7.24. The number of nitrogens with zero attached hydrogens (tertiary/aromatic N) is 4. The molecule has 184 valence electrons. The second kappa shape index (κ2) is 10.2. The van der Waals surface area contributed by atoms with E-state index in [1.807, 2.05) is 38.1 Å². The van der Waals surface area contributed by atoms with Gasteiger partial charge in [0.15, 0.2) is 0 Å². The number of aryl methyl sites for hydroxylation is 2. The van der Waals surface area contributed by atoms with Crippen LogP contribution in [0.15, 0.2) is 47.4 Å². The summed E-state index contributed by atoms with van der Waals surface area (Å²) in [5.41, 5.74) is 2.82. The van der Waals surface area contributed by atoms with Gasteiger partial charge in [-0.3, -0.25) is 9.59 Å². The van der Waals surface area contributed by atoms with E-state index >= 15 is 0 Å². The first-order valence-corrected chi connectivity index (χ1v) is 13.3. The smallest absolute Gasteiger partial charge is 0.253 e. The van der Waals surface area contributed by atoms with Gasteiger partial charge in [0.25, 0.3) is 5.91 Å². The van der Waals surface area contributed by atoms with E-state index in [0.717, 1.165) is 17.5 Å². The normalized spacial score (nSPS) is 19.3. The van der Waals surface area contributed by atoms with Crippen molar-refractivity contribution < 1.29 is 18.0 Å². The molecule has 2 heterocycles. The summed E-state index contributed by atoms with van der Waals surface area (Å²) in [4.78, 5) is 29.8. The van der Waals surface area contributed by atoms with Gasteiger partial charge in [0, 0.05) is 44.8 Å². The summed E-state index contributed by atoms with van der Waals surface area (Å²) in [6, 6.07) is 13.9. The van der Waals surface area contributed by atoms with Gasteiger partial charge in [-0.05, 0) is 51.0 Å². The van der Waals surface area contributed by atoms with Crippen LogP contribution >= 0.6 is 0 Å². The lowest BCUT2D eigenvalue weighted by atomic mass is 9.95. The van der Waals surface area contributed by atoms with Crippen molar-refractivity contribution in [2.45, 2.75) is 31.6 Å². The topological polar surface area (TPSA) is 102 Å². The summed E-state index contributed by atoms with van der Waals surface area (Å²) in [7, 11) is -3.82. The molecule has 2 aliphatic rings. The van der Waals surface area contributed by atoms with E-state index in [1.165, 1.54) is 16.4 Å². The predicted octanol–water partition coefficient (Wildman–Crippen LogP) is 2.56. The molecule has 9 heteroatoms. The van der Waals surface area contributed by atoms with E-state index in [9.17, 15) is 23.3 Å². The van der Waals surface area contributed by atoms with Crippen LogP contribution in [0.2, 0.25) is 0 Å². The summed E-state index contributed by atoms with van der Waals surface area (Å²) in [5, 5.41) is 9.29. The SMILES string of the molecule is Cc1cc(C)cc(C(=O)N2CCCC(C(=O)N3CCN(S(=O)(=O)c4ccccc4C#N)CC3)C2)c1. The Balaban J connectivity index is 1.39. The number of piperidine rings is 1. The summed E-state index contributed by atoms with van der Waals surface area (Å²) in [5.74, 6) is -0.375. The van der Waals surface area contributed by atoms with Crippen molar-refractivity contribution in [2.24, 2.45) is 5.92 Å². The highest BCUT2D eigenvalue weighted by atomic mass is 32.2. The van der Waals surface area contributed by atoms with Crippen LogP contribution in [0.1, 0.15) is 39.9 Å². The molecule has 8 nitrogen and oxygen atoms in total. The van der Waals surface area contributed by atoms with E-state index < -0.39 is 10.0 Å². The Labute approximate surface area is 206 Å². The first-order chi connectivity index (χ1) is 16.7. The Bertz CT molecular complexity index is 1260. The standard InChI is InChI=1S/C26H30N4O4S/c1-19-14-20(2)16-23(15-19)26(32)29-9-5-7-22(18-29)25(31)28-10-12-30(13-11-28)35(33,34)24-8-4-3-6-21(24)17-27/h3-4,6,8,14-16,22H,5,7,9-13,18H2,1-2H3. The van der Waals surface area contributed by atoms with Crippen LogP contribution in [0.5, 0.6) is 0 Å². The molecule has 35 heavy (non-hydrogen) atoms. The zero-order valence-electron chi connectivity index (χ0n) is 20.1. The van der Waals surface area contributed by atoms with Crippen LogP contribution < -0.4 is 0 Å². The molecule has 1 unspecified atom stereocenters. The average Bonchev–Trinajstić information content (AvgIpc) is 2.87. The molecule has 0 aromatic heterocycles. The fraction of sp³-hybridized carbons (Fsp3) is 0.423. The van der Waals surface area contributed by atoms with Crippen molar-refractivity contribution in [2.75, 3.05) is 39.3 Å². The number of carbonyl (C=O) groups is 2. The summed E-state index contributed by atoms with van der Waals surface area (Å²) < 4.78 is 27.5. The summed E-state index contributed by atoms with van der Waals surface area (Å²) in [6.07, 6.45) is 1.47. The number of carbonyl (C=O) groups excluding carboxylic acids is 2. The molecule has 2 aromatic carbocycles. The van der Waals surface area contributed by atoms with Crippen molar-refractivity contribution in [1.29, 1.82) is 5.26 Å². The number of benzene rings is 2. The first-order valence-electron chi connectivity index (χ1n) is 11.9. The minimum atomic E-state index is -3.82. The van der Waals surface area contributed by atoms with Crippen LogP contribution in [-0.2, 0) is 14.8 Å². The molecule has 0 radical (unpaired) electrons. The number of piperazine rings is 1. The van der Waals surface area contributed by atoms with Crippen LogP contribution in [0.3, 0.4) is 0 Å². The number of amides is 2. The number of likely N-dealkylation sites (tertiary alicyclic amines) is 1. The highest BCUT2D eigenvalue weighted by molar-refractivity contribution is 7.89. The van der Waals surface area contributed by atoms with Gasteiger partial charge >= 0.3 is 0 Å². The monoisotopic (exact) mass is 494 g/mol. The van der Waals surface area contributed by atoms with Gasteiger partial charge in [0.05, 0.1) is 16.4 Å². The Hall–Kier alpha value is -3.22. The second-order valence-corrected chi connectivity index (χ2v) is 11.2. The van der Waals surface area contributed by atoms with Crippen molar-refractivity contribution in [3.8, 4) is 6.07 Å². The molecule has 2 saturated heterocycles. The highest BCUT2D eigenvalue weighted by Crippen LogP contribution is 2.24. The fourth-order valence-corrected chi connectivity index (χ4v) is 6.54. The van der Waals surface area contributed by atoms with Crippen LogP contribution in [-0.4, -0.2) is 73.6 Å². The number of sulfonamides is 1. The predicted molar refractivity (Wildman–Crippen MR) is 131 cm³/mol. The minimum Gasteiger partial charge on any atom is -0.340 e. The maximum atomic E-state index is 13.3. The van der Waals surface area contributed by atoms with Gasteiger partial charge < -0.3 is 9.80 Å². The van der Waals surface area contributed by atoms with Crippen molar-refractivity contribution in [3.63, 3.8) is 0 Å². The summed E-state index contributed by atoms with van der Waals surface area (Å²) in [6.45, 7) is 5.84. The Morgan fingerprint density at radius 2 is 1.60 bits per heavy atom. The Morgan fingerprint density at radius 1 is 0.943 bits per heavy atom. The molecule has 2 aliphatic heterocycles. The van der Waals surface area contributed by atoms with Crippen molar-refractivity contribution in [3.05, 3.63) is 64.7 Å². The fourth-order valence-electron chi connectivity index (χ4n) is 4.97. The molecule has 0 bridgehead atoms. The van der Waals surface area contributed by atoms with Gasteiger partial charge in [0.1, 0.15) is 6.07 Å². The molecule has 2 aromatic rings. The van der Waals surface area contributed by atoms with E-state index in [2.05, 4.69) is 0 Å².